The van der Waals surface area contributed by atoms with E-state index in [1.807, 2.05) is 12.1 Å². The van der Waals surface area contributed by atoms with Crippen LogP contribution in [0.25, 0.3) is 0 Å². The van der Waals surface area contributed by atoms with Crippen LogP contribution in [0.4, 0.5) is 4.79 Å². The van der Waals surface area contributed by atoms with Gasteiger partial charge in [0, 0.05) is 20.8 Å². The second-order valence-corrected chi connectivity index (χ2v) is 11.1. The van der Waals surface area contributed by atoms with Crippen molar-refractivity contribution < 1.29 is 38.1 Å². The number of rotatable bonds is 13. The minimum absolute atomic E-state index is 0.175. The molecule has 3 aromatic carbocycles. The number of ether oxygens (including phenoxy) is 5. The first-order chi connectivity index (χ1) is 22.1. The third-order valence-corrected chi connectivity index (χ3v) is 7.27. The highest BCUT2D eigenvalue weighted by Crippen LogP contribution is 2.36. The van der Waals surface area contributed by atoms with Gasteiger partial charge in [0.1, 0.15) is 6.61 Å². The number of halogens is 2. The maximum absolute atomic E-state index is 12.6. The van der Waals surface area contributed by atoms with Gasteiger partial charge in [0.2, 0.25) is 0 Å². The predicted octanol–water partition coefficient (Wildman–Crippen LogP) is 5.42. The molecule has 1 atom stereocenters. The summed E-state index contributed by atoms with van der Waals surface area (Å²) in [6, 6.07) is 14.4. The maximum Gasteiger partial charge on any atom is 0.338 e. The molecule has 3 amide bonds. The van der Waals surface area contributed by atoms with Crippen LogP contribution >= 0.6 is 27.5 Å². The van der Waals surface area contributed by atoms with Crippen LogP contribution in [-0.4, -0.2) is 51.6 Å². The number of esters is 1. The molecule has 0 unspecified atom stereocenters. The van der Waals surface area contributed by atoms with E-state index >= 15 is 0 Å². The van der Waals surface area contributed by atoms with Crippen molar-refractivity contribution >= 4 is 51.7 Å². The van der Waals surface area contributed by atoms with E-state index in [2.05, 4.69) is 37.1 Å². The molecule has 0 aromatic heterocycles. The summed E-state index contributed by atoms with van der Waals surface area (Å²) >= 11 is 9.54. The molecule has 0 saturated carbocycles. The number of methoxy groups -OCH3 is 2. The zero-order chi connectivity index (χ0) is 33.2. The lowest BCUT2D eigenvalue weighted by atomic mass is 9.95. The van der Waals surface area contributed by atoms with Crippen molar-refractivity contribution in [3.63, 3.8) is 0 Å². The quantitative estimate of drug-likeness (QED) is 0.121. The highest BCUT2D eigenvalue weighted by atomic mass is 79.9. The normalized spacial score (nSPS) is 14.3. The molecule has 0 spiro atoms. The SMILES string of the molecule is CCOC(=O)C1=C(C)NC(=O)N[C@H]1c1ccc(OCC(=O)N/N=C/c2cc(Br)cc(OC)c2OCc2cccc(Cl)c2)c(OC)c1. The molecule has 12 nitrogen and oxygen atoms in total. The molecule has 4 rings (SSSR count). The molecule has 1 aliphatic heterocycles. The molecule has 0 aliphatic carbocycles. The number of urea groups is 1. The van der Waals surface area contributed by atoms with Crippen LogP contribution in [0.15, 0.2) is 75.4 Å². The molecule has 242 valence electrons. The molecule has 0 fully saturated rings. The maximum atomic E-state index is 12.6. The molecular weight excluding hydrogens is 684 g/mol. The van der Waals surface area contributed by atoms with Crippen molar-refractivity contribution in [1.29, 1.82) is 0 Å². The van der Waals surface area contributed by atoms with E-state index in [0.717, 1.165) is 10.0 Å². The second kappa shape index (κ2) is 16.0. The van der Waals surface area contributed by atoms with Gasteiger partial charge in [0.25, 0.3) is 5.91 Å². The summed E-state index contributed by atoms with van der Waals surface area (Å²) in [5.41, 5.74) is 5.03. The summed E-state index contributed by atoms with van der Waals surface area (Å²) in [5, 5.41) is 9.98. The van der Waals surface area contributed by atoms with Crippen molar-refractivity contribution in [3.8, 4) is 23.0 Å². The fraction of sp³-hybridized carbons (Fsp3) is 0.250. The standard InChI is InChI=1S/C32H32BrClN4O8/c1-5-44-31(40)28-18(2)36-32(41)37-29(28)20-9-10-24(25(13-20)42-3)45-17-27(39)38-35-15-21-12-22(33)14-26(43-4)30(21)46-16-19-7-6-8-23(34)11-19/h6-15,29H,5,16-17H2,1-4H3,(H,38,39)(H2,36,37,41)/b35-15+/t29-/m0/s1. The lowest BCUT2D eigenvalue weighted by Gasteiger charge is -2.28. The van der Waals surface area contributed by atoms with E-state index in [4.69, 9.17) is 35.3 Å². The Balaban J connectivity index is 1.43. The largest absolute Gasteiger partial charge is 0.493 e. The van der Waals surface area contributed by atoms with E-state index in [1.165, 1.54) is 20.4 Å². The minimum atomic E-state index is -0.788. The van der Waals surface area contributed by atoms with Gasteiger partial charge >= 0.3 is 12.0 Å². The highest BCUT2D eigenvalue weighted by molar-refractivity contribution is 9.10. The molecular formula is C32H32BrClN4O8. The average Bonchev–Trinajstić information content (AvgIpc) is 3.02. The fourth-order valence-corrected chi connectivity index (χ4v) is 5.20. The van der Waals surface area contributed by atoms with Gasteiger partial charge in [0.05, 0.1) is 38.7 Å². The zero-order valence-corrected chi connectivity index (χ0v) is 27.8. The molecule has 3 aromatic rings. The lowest BCUT2D eigenvalue weighted by Crippen LogP contribution is -2.45. The van der Waals surface area contributed by atoms with Crippen LogP contribution in [0.3, 0.4) is 0 Å². The number of amides is 3. The first-order valence-corrected chi connectivity index (χ1v) is 15.1. The number of allylic oxidation sites excluding steroid dienone is 1. The van der Waals surface area contributed by atoms with Crippen molar-refractivity contribution in [3.05, 3.63) is 92.1 Å². The Morgan fingerprint density at radius 2 is 1.83 bits per heavy atom. The van der Waals surface area contributed by atoms with Gasteiger partial charge in [0.15, 0.2) is 29.6 Å². The smallest absolute Gasteiger partial charge is 0.338 e. The minimum Gasteiger partial charge on any atom is -0.493 e. The molecule has 0 saturated heterocycles. The monoisotopic (exact) mass is 714 g/mol. The number of carbonyl (C=O) groups excluding carboxylic acids is 3. The molecule has 0 radical (unpaired) electrons. The molecule has 46 heavy (non-hydrogen) atoms. The Bertz CT molecular complexity index is 1680. The van der Waals surface area contributed by atoms with Gasteiger partial charge in [-0.05, 0) is 61.4 Å². The third-order valence-electron chi connectivity index (χ3n) is 6.58. The number of nitrogens with zero attached hydrogens (tertiary/aromatic N) is 1. The molecule has 1 heterocycles. The Kier molecular flexibility index (Phi) is 11.9. The van der Waals surface area contributed by atoms with Crippen molar-refractivity contribution in [2.75, 3.05) is 27.4 Å². The van der Waals surface area contributed by atoms with Crippen molar-refractivity contribution in [1.82, 2.24) is 16.1 Å². The van der Waals surface area contributed by atoms with E-state index in [1.54, 1.807) is 56.3 Å². The van der Waals surface area contributed by atoms with Crippen LogP contribution in [0.2, 0.25) is 5.02 Å². The van der Waals surface area contributed by atoms with Crippen LogP contribution in [-0.2, 0) is 20.9 Å². The molecule has 0 bridgehead atoms. The summed E-state index contributed by atoms with van der Waals surface area (Å²) in [7, 11) is 2.96. The van der Waals surface area contributed by atoms with Gasteiger partial charge < -0.3 is 34.3 Å². The van der Waals surface area contributed by atoms with Crippen molar-refractivity contribution in [2.45, 2.75) is 26.5 Å². The molecule has 14 heteroatoms. The summed E-state index contributed by atoms with van der Waals surface area (Å²) in [6.07, 6.45) is 1.43. The lowest BCUT2D eigenvalue weighted by molar-refractivity contribution is -0.139. The Morgan fingerprint density at radius 3 is 2.54 bits per heavy atom. The topological polar surface area (TPSA) is 146 Å². The van der Waals surface area contributed by atoms with Crippen LogP contribution < -0.4 is 35.0 Å². The molecule has 1 aliphatic rings. The van der Waals surface area contributed by atoms with Crippen LogP contribution in [0.5, 0.6) is 23.0 Å². The van der Waals surface area contributed by atoms with Crippen molar-refractivity contribution in [2.24, 2.45) is 5.10 Å². The Labute approximate surface area is 279 Å². The average molecular weight is 716 g/mol. The van der Waals surface area contributed by atoms with Gasteiger partial charge in [-0.15, -0.1) is 0 Å². The van der Waals surface area contributed by atoms with E-state index in [0.29, 0.717) is 33.3 Å². The number of hydrazone groups is 1. The number of hydrogen-bond acceptors (Lipinski definition) is 9. The summed E-state index contributed by atoms with van der Waals surface area (Å²) in [4.78, 5) is 37.4. The van der Waals surface area contributed by atoms with Gasteiger partial charge in [-0.3, -0.25) is 4.79 Å². The third kappa shape index (κ3) is 8.70. The van der Waals surface area contributed by atoms with Crippen LogP contribution in [0, 0.1) is 0 Å². The first kappa shape index (κ1) is 34.1. The highest BCUT2D eigenvalue weighted by Gasteiger charge is 2.32. The Morgan fingerprint density at radius 1 is 1.04 bits per heavy atom. The summed E-state index contributed by atoms with van der Waals surface area (Å²) in [6.45, 7) is 3.33. The summed E-state index contributed by atoms with van der Waals surface area (Å²) < 4.78 is 28.6. The fourth-order valence-electron chi connectivity index (χ4n) is 4.53. The zero-order valence-electron chi connectivity index (χ0n) is 25.4. The first-order valence-electron chi connectivity index (χ1n) is 14.0. The van der Waals surface area contributed by atoms with Crippen LogP contribution in [0.1, 0.15) is 36.6 Å². The molecule has 3 N–H and O–H groups in total. The Hall–Kier alpha value is -4.75. The van der Waals surface area contributed by atoms with Gasteiger partial charge in [-0.1, -0.05) is 45.7 Å². The summed E-state index contributed by atoms with van der Waals surface area (Å²) in [5.74, 6) is 0.329. The number of benzene rings is 3. The number of hydrogen-bond donors (Lipinski definition) is 3. The van der Waals surface area contributed by atoms with E-state index in [-0.39, 0.29) is 36.9 Å². The van der Waals surface area contributed by atoms with Gasteiger partial charge in [-0.25, -0.2) is 15.0 Å². The van der Waals surface area contributed by atoms with Gasteiger partial charge in [-0.2, -0.15) is 5.10 Å². The second-order valence-electron chi connectivity index (χ2n) is 9.73. The predicted molar refractivity (Wildman–Crippen MR) is 174 cm³/mol. The van der Waals surface area contributed by atoms with E-state index in [9.17, 15) is 14.4 Å². The number of nitrogens with one attached hydrogen (secondary N) is 3. The van der Waals surface area contributed by atoms with E-state index < -0.39 is 23.9 Å². The number of carbonyl (C=O) groups is 3.